The van der Waals surface area contributed by atoms with Crippen LogP contribution in [0.15, 0.2) is 77.3 Å². The first-order chi connectivity index (χ1) is 23.5. The molecule has 0 fully saturated rings. The van der Waals surface area contributed by atoms with Crippen molar-refractivity contribution < 1.29 is 9.53 Å². The highest BCUT2D eigenvalue weighted by molar-refractivity contribution is 7.80. The average molecular weight is 692 g/mol. The number of nitrogens with zero attached hydrogens (tertiary/aromatic N) is 2. The first-order valence-electron chi connectivity index (χ1n) is 18.2. The van der Waals surface area contributed by atoms with Crippen LogP contribution < -0.4 is 10.1 Å². The normalized spacial score (nSPS) is 11.7. The van der Waals surface area contributed by atoms with Gasteiger partial charge in [-0.05, 0) is 98.9 Å². The summed E-state index contributed by atoms with van der Waals surface area (Å²) < 4.78 is 5.76. The summed E-state index contributed by atoms with van der Waals surface area (Å²) >= 11 is 4.17. The highest BCUT2D eigenvalue weighted by Gasteiger charge is 2.08. The zero-order valence-corrected chi connectivity index (χ0v) is 33.8. The van der Waals surface area contributed by atoms with Crippen LogP contribution >= 0.6 is 12.6 Å². The molecule has 1 N–H and O–H groups in total. The summed E-state index contributed by atoms with van der Waals surface area (Å²) in [5.41, 5.74) is 5.90. The number of carbonyl (C=O) groups excluding carboxylic acids is 1. The standard InChI is InChI=1S/C19H27NO.C8H18N2OS.C7H10.C7H8.C2H6/c1-7-13-20-15(3)17-10-9-16(11-12-19(4,5)6)14-18(17)21-8-2;1-2-4-10(6-7-12)5-3-9-8-11;2*1-7-5-3-2-4-6-7;1-2/h9-10,14H,7-8,13H2,1-6H3;8,12H,2-7H2,1H3,(H,9,11);2-3,5H,4,6H2,1H3;2-6H,1H3;1-2H3. The average Bonchev–Trinajstić information content (AvgIpc) is 3.09. The highest BCUT2D eigenvalue weighted by atomic mass is 32.1. The van der Waals surface area contributed by atoms with Gasteiger partial charge in [-0.3, -0.25) is 9.79 Å². The lowest BCUT2D eigenvalue weighted by Gasteiger charge is -2.19. The molecule has 2 aromatic rings. The van der Waals surface area contributed by atoms with Crippen LogP contribution in [0.5, 0.6) is 5.75 Å². The molecule has 1 aliphatic rings. The minimum Gasteiger partial charge on any atom is -0.493 e. The summed E-state index contributed by atoms with van der Waals surface area (Å²) in [6.45, 7) is 28.1. The van der Waals surface area contributed by atoms with Crippen LogP contribution in [-0.4, -0.2) is 62.1 Å². The highest BCUT2D eigenvalue weighted by Crippen LogP contribution is 2.22. The van der Waals surface area contributed by atoms with E-state index in [4.69, 9.17) is 4.74 Å². The first-order valence-corrected chi connectivity index (χ1v) is 18.8. The maximum Gasteiger partial charge on any atom is 0.207 e. The Morgan fingerprint density at radius 3 is 2.16 bits per heavy atom. The Hall–Kier alpha value is -3.27. The van der Waals surface area contributed by atoms with Crippen molar-refractivity contribution in [1.29, 1.82) is 0 Å². The van der Waals surface area contributed by atoms with Crippen molar-refractivity contribution in [2.24, 2.45) is 10.4 Å². The predicted molar refractivity (Wildman–Crippen MR) is 221 cm³/mol. The summed E-state index contributed by atoms with van der Waals surface area (Å²) in [4.78, 5) is 16.8. The van der Waals surface area contributed by atoms with Gasteiger partial charge in [-0.2, -0.15) is 12.6 Å². The topological polar surface area (TPSA) is 53.9 Å². The van der Waals surface area contributed by atoms with E-state index in [1.165, 1.54) is 24.0 Å². The van der Waals surface area contributed by atoms with Crippen LogP contribution in [0.4, 0.5) is 0 Å². The van der Waals surface area contributed by atoms with Crippen LogP contribution in [0.2, 0.25) is 0 Å². The third-order valence-corrected chi connectivity index (χ3v) is 6.80. The maximum absolute atomic E-state index is 9.96. The van der Waals surface area contributed by atoms with Crippen molar-refractivity contribution in [2.75, 3.05) is 45.1 Å². The number of rotatable bonds is 13. The smallest absolute Gasteiger partial charge is 0.207 e. The molecule has 274 valence electrons. The number of thiol groups is 1. The molecule has 0 spiro atoms. The second-order valence-electron chi connectivity index (χ2n) is 12.4. The second kappa shape index (κ2) is 32.0. The number of aliphatic imine (C=N–C) groups is 1. The molecular formula is C43H69N3O2S. The van der Waals surface area contributed by atoms with Crippen molar-refractivity contribution in [2.45, 2.75) is 102 Å². The lowest BCUT2D eigenvalue weighted by atomic mass is 9.97. The molecule has 0 aliphatic heterocycles. The Morgan fingerprint density at radius 1 is 1.02 bits per heavy atom. The van der Waals surface area contributed by atoms with E-state index in [0.717, 1.165) is 80.3 Å². The molecule has 0 saturated heterocycles. The number of ether oxygens (including phenoxy) is 1. The Kier molecular flexibility index (Phi) is 31.2. The number of benzene rings is 2. The van der Waals surface area contributed by atoms with Gasteiger partial charge >= 0.3 is 0 Å². The van der Waals surface area contributed by atoms with Crippen LogP contribution in [0.25, 0.3) is 0 Å². The van der Waals surface area contributed by atoms with E-state index in [0.29, 0.717) is 6.61 Å². The van der Waals surface area contributed by atoms with E-state index in [2.05, 4.69) is 125 Å². The summed E-state index contributed by atoms with van der Waals surface area (Å²) in [6, 6.07) is 16.4. The Morgan fingerprint density at radius 2 is 1.71 bits per heavy atom. The van der Waals surface area contributed by atoms with Gasteiger partial charge in [0.15, 0.2) is 0 Å². The number of allylic oxidation sites excluding steroid dienone is 4. The van der Waals surface area contributed by atoms with E-state index in [1.807, 2.05) is 58.0 Å². The second-order valence-corrected chi connectivity index (χ2v) is 12.8. The van der Waals surface area contributed by atoms with Crippen LogP contribution in [0.3, 0.4) is 0 Å². The first kappa shape index (κ1) is 47.8. The van der Waals surface area contributed by atoms with Crippen molar-refractivity contribution >= 4 is 24.8 Å². The molecule has 0 aromatic heterocycles. The van der Waals surface area contributed by atoms with E-state index >= 15 is 0 Å². The zero-order valence-electron chi connectivity index (χ0n) is 32.9. The molecule has 6 heteroatoms. The number of aryl methyl sites for hydroxylation is 1. The summed E-state index contributed by atoms with van der Waals surface area (Å²) in [5, 5.41) is 2.65. The van der Waals surface area contributed by atoms with Gasteiger partial charge in [0.2, 0.25) is 6.41 Å². The van der Waals surface area contributed by atoms with Gasteiger partial charge in [0.05, 0.1) is 6.61 Å². The molecule has 2 aromatic carbocycles. The Bertz CT molecular complexity index is 1250. The lowest BCUT2D eigenvalue weighted by molar-refractivity contribution is -0.109. The van der Waals surface area contributed by atoms with Crippen molar-refractivity contribution in [3.05, 3.63) is 89.0 Å². The number of hydrogen-bond donors (Lipinski definition) is 2. The molecule has 1 aliphatic carbocycles. The molecule has 0 saturated carbocycles. The fraction of sp³-hybridized carbons (Fsp3) is 0.535. The van der Waals surface area contributed by atoms with E-state index in [1.54, 1.807) is 0 Å². The number of nitrogens with one attached hydrogen (secondary N) is 1. The molecule has 3 rings (SSSR count). The molecule has 0 heterocycles. The number of hydrogen-bond acceptors (Lipinski definition) is 5. The van der Waals surface area contributed by atoms with Gasteiger partial charge in [-0.25, -0.2) is 0 Å². The molecule has 5 nitrogen and oxygen atoms in total. The third-order valence-electron chi connectivity index (χ3n) is 6.60. The molecular weight excluding hydrogens is 623 g/mol. The molecule has 49 heavy (non-hydrogen) atoms. The zero-order chi connectivity index (χ0) is 37.3. The molecule has 0 atom stereocenters. The Balaban J connectivity index is 0. The molecule has 0 radical (unpaired) electrons. The fourth-order valence-corrected chi connectivity index (χ4v) is 4.41. The minimum atomic E-state index is 0.00293. The largest absolute Gasteiger partial charge is 0.493 e. The maximum atomic E-state index is 9.96. The number of amides is 1. The number of carbonyl (C=O) groups is 1. The van der Waals surface area contributed by atoms with Gasteiger partial charge in [-0.15, -0.1) is 0 Å². The summed E-state index contributed by atoms with van der Waals surface area (Å²) in [6.07, 6.45) is 11.9. The van der Waals surface area contributed by atoms with Gasteiger partial charge in [0, 0.05) is 54.2 Å². The van der Waals surface area contributed by atoms with Crippen molar-refractivity contribution in [3.63, 3.8) is 0 Å². The molecule has 1 amide bonds. The van der Waals surface area contributed by atoms with E-state index in [-0.39, 0.29) is 5.41 Å². The van der Waals surface area contributed by atoms with Crippen molar-refractivity contribution in [3.8, 4) is 17.6 Å². The van der Waals surface area contributed by atoms with Crippen molar-refractivity contribution in [1.82, 2.24) is 10.2 Å². The lowest BCUT2D eigenvalue weighted by Crippen LogP contribution is -2.33. The third kappa shape index (κ3) is 28.3. The summed E-state index contributed by atoms with van der Waals surface area (Å²) in [5.74, 6) is 8.22. The monoisotopic (exact) mass is 692 g/mol. The quantitative estimate of drug-likeness (QED) is 0.0723. The van der Waals surface area contributed by atoms with Crippen LogP contribution in [0.1, 0.15) is 112 Å². The van der Waals surface area contributed by atoms with Gasteiger partial charge in [0.25, 0.3) is 0 Å². The Labute approximate surface area is 307 Å². The molecule has 0 bridgehead atoms. The fourth-order valence-electron chi connectivity index (χ4n) is 4.13. The predicted octanol–water partition coefficient (Wildman–Crippen LogP) is 10.4. The van der Waals surface area contributed by atoms with Gasteiger partial charge < -0.3 is 15.0 Å². The summed E-state index contributed by atoms with van der Waals surface area (Å²) in [7, 11) is 0. The van der Waals surface area contributed by atoms with E-state index < -0.39 is 0 Å². The van der Waals surface area contributed by atoms with Crippen LogP contribution in [0, 0.1) is 24.2 Å². The van der Waals surface area contributed by atoms with E-state index in [9.17, 15) is 4.79 Å². The SMILES string of the molecule is CC.CC1=CC=CCC1.CCCN(CCS)CCNC=O.CCCN=C(C)c1ccc(C#CC(C)(C)C)cc1OCC.Cc1ccccc1. The van der Waals surface area contributed by atoms with Gasteiger partial charge in [0.1, 0.15) is 5.75 Å². The molecule has 0 unspecified atom stereocenters. The minimum absolute atomic E-state index is 0.00293. The van der Waals surface area contributed by atoms with Crippen LogP contribution in [-0.2, 0) is 4.79 Å². The van der Waals surface area contributed by atoms with Gasteiger partial charge in [-0.1, -0.05) is 99.2 Å².